The fraction of sp³-hybridized carbons (Fsp3) is 0.529. The van der Waals surface area contributed by atoms with E-state index in [2.05, 4.69) is 0 Å². The second kappa shape index (κ2) is 5.01. The van der Waals surface area contributed by atoms with Crippen molar-refractivity contribution in [3.63, 3.8) is 0 Å². The molecular weight excluding hydrogens is 261 g/mol. The van der Waals surface area contributed by atoms with E-state index >= 15 is 0 Å². The number of benzene rings is 1. The van der Waals surface area contributed by atoms with Gasteiger partial charge in [-0.25, -0.2) is 0 Å². The van der Waals surface area contributed by atoms with Crippen molar-refractivity contribution in [2.45, 2.75) is 50.2 Å². The largest absolute Gasteiger partial charge is 0.282 e. The van der Waals surface area contributed by atoms with E-state index in [-0.39, 0.29) is 11.8 Å². The Morgan fingerprint density at radius 2 is 1.38 bits per heavy atom. The molecule has 0 atom stereocenters. The second-order valence-corrected chi connectivity index (χ2v) is 6.81. The molecule has 3 nitrogen and oxygen atoms in total. The molecule has 4 rings (SSSR count). The molecule has 0 N–H and O–H groups in total. The summed E-state index contributed by atoms with van der Waals surface area (Å²) in [6.45, 7) is 0.537. The van der Waals surface area contributed by atoms with Crippen molar-refractivity contribution in [1.82, 2.24) is 4.90 Å². The second-order valence-electron chi connectivity index (χ2n) is 6.81. The van der Waals surface area contributed by atoms with E-state index in [0.717, 1.165) is 11.6 Å². The van der Waals surface area contributed by atoms with Crippen LogP contribution in [-0.4, -0.2) is 29.9 Å². The molecule has 3 aliphatic heterocycles. The van der Waals surface area contributed by atoms with Gasteiger partial charge in [0.2, 0.25) is 0 Å². The lowest BCUT2D eigenvalue weighted by Gasteiger charge is -2.41. The number of carbonyl (C=O) groups excluding carboxylic acids is 2. The first-order valence-corrected chi connectivity index (χ1v) is 8.21. The lowest BCUT2D eigenvalue weighted by atomic mass is 9.27. The summed E-state index contributed by atoms with van der Waals surface area (Å²) in [6.07, 6.45) is 8.42. The van der Waals surface area contributed by atoms with Crippen LogP contribution in [-0.2, 0) is 0 Å². The Morgan fingerprint density at radius 1 is 0.905 bits per heavy atom. The van der Waals surface area contributed by atoms with Crippen molar-refractivity contribution in [3.8, 4) is 0 Å². The van der Waals surface area contributed by atoms with Crippen molar-refractivity contribution in [2.75, 3.05) is 6.44 Å². The van der Waals surface area contributed by atoms with Gasteiger partial charge in [0.15, 0.2) is 6.71 Å². The molecule has 108 valence electrons. The molecule has 21 heavy (non-hydrogen) atoms. The van der Waals surface area contributed by atoms with Crippen LogP contribution in [0.15, 0.2) is 24.3 Å². The molecule has 0 aromatic heterocycles. The lowest BCUT2D eigenvalue weighted by molar-refractivity contribution is 0.0677. The standard InChI is InChI=1S/C17H20BNO2/c20-16-14-9-1-2-10-15(14)17(21)19(16)11-18-12-5-3-6-13(18)8-4-7-12/h1-2,9-10,12-13H,3-8,11H2. The number of hydrogen-bond acceptors (Lipinski definition) is 2. The topological polar surface area (TPSA) is 37.4 Å². The number of rotatable bonds is 2. The highest BCUT2D eigenvalue weighted by molar-refractivity contribution is 6.63. The Hall–Kier alpha value is -1.58. The van der Waals surface area contributed by atoms with Crippen molar-refractivity contribution < 1.29 is 9.59 Å². The van der Waals surface area contributed by atoms with Crippen LogP contribution in [0.4, 0.5) is 0 Å². The molecule has 2 bridgehead atoms. The van der Waals surface area contributed by atoms with Gasteiger partial charge in [0.1, 0.15) is 0 Å². The summed E-state index contributed by atoms with van der Waals surface area (Å²) in [4.78, 5) is 26.5. The molecule has 2 saturated heterocycles. The van der Waals surface area contributed by atoms with Gasteiger partial charge in [-0.15, -0.1) is 0 Å². The van der Waals surface area contributed by atoms with E-state index in [4.69, 9.17) is 0 Å². The molecule has 0 saturated carbocycles. The quantitative estimate of drug-likeness (QED) is 0.615. The zero-order chi connectivity index (χ0) is 14.4. The van der Waals surface area contributed by atoms with Crippen molar-refractivity contribution >= 4 is 18.5 Å². The van der Waals surface area contributed by atoms with Gasteiger partial charge in [-0.1, -0.05) is 62.3 Å². The van der Waals surface area contributed by atoms with Crippen LogP contribution in [0.1, 0.15) is 59.2 Å². The van der Waals surface area contributed by atoms with Gasteiger partial charge in [0, 0.05) is 6.44 Å². The highest BCUT2D eigenvalue weighted by Gasteiger charge is 2.44. The van der Waals surface area contributed by atoms with Crippen LogP contribution in [0.5, 0.6) is 0 Å². The minimum Gasteiger partial charge on any atom is -0.282 e. The first kappa shape index (κ1) is 13.1. The number of carbonyl (C=O) groups is 2. The van der Waals surface area contributed by atoms with E-state index in [0.29, 0.717) is 24.3 Å². The van der Waals surface area contributed by atoms with Crippen molar-refractivity contribution in [1.29, 1.82) is 0 Å². The number of imide groups is 1. The predicted octanol–water partition coefficient (Wildman–Crippen LogP) is 3.42. The highest BCUT2D eigenvalue weighted by atomic mass is 16.2. The molecule has 3 heterocycles. The maximum absolute atomic E-state index is 12.5. The molecule has 2 amide bonds. The van der Waals surface area contributed by atoms with Gasteiger partial charge in [-0.3, -0.25) is 14.5 Å². The predicted molar refractivity (Wildman–Crippen MR) is 82.8 cm³/mol. The van der Waals surface area contributed by atoms with Crippen LogP contribution in [0.25, 0.3) is 0 Å². The van der Waals surface area contributed by atoms with E-state index in [9.17, 15) is 9.59 Å². The lowest BCUT2D eigenvalue weighted by Crippen LogP contribution is -2.46. The number of hydrogen-bond donors (Lipinski definition) is 0. The summed E-state index contributed by atoms with van der Waals surface area (Å²) in [6, 6.07) is 7.22. The summed E-state index contributed by atoms with van der Waals surface area (Å²) in [5.74, 6) is 1.28. The summed E-state index contributed by atoms with van der Waals surface area (Å²) in [7, 11) is 0. The first-order chi connectivity index (χ1) is 10.3. The molecule has 0 aliphatic carbocycles. The minimum absolute atomic E-state index is 0.0840. The maximum atomic E-state index is 12.5. The highest BCUT2D eigenvalue weighted by Crippen LogP contribution is 2.46. The zero-order valence-corrected chi connectivity index (χ0v) is 12.3. The van der Waals surface area contributed by atoms with Gasteiger partial charge in [0.05, 0.1) is 11.1 Å². The molecular formula is C17H20BNO2. The van der Waals surface area contributed by atoms with E-state index in [1.165, 1.54) is 43.4 Å². The minimum atomic E-state index is -0.0840. The maximum Gasteiger partial charge on any atom is 0.260 e. The van der Waals surface area contributed by atoms with Gasteiger partial charge in [0.25, 0.3) is 11.8 Å². The number of amides is 2. The third-order valence-electron chi connectivity index (χ3n) is 5.78. The van der Waals surface area contributed by atoms with E-state index in [1.807, 2.05) is 12.1 Å². The van der Waals surface area contributed by atoms with Crippen molar-refractivity contribution in [3.05, 3.63) is 35.4 Å². The molecule has 0 unspecified atom stereocenters. The van der Waals surface area contributed by atoms with Crippen LogP contribution in [0.2, 0.25) is 11.6 Å². The summed E-state index contributed by atoms with van der Waals surface area (Å²) >= 11 is 0. The molecule has 3 aliphatic rings. The average molecular weight is 281 g/mol. The van der Waals surface area contributed by atoms with Crippen LogP contribution < -0.4 is 0 Å². The Bertz CT molecular complexity index is 543. The average Bonchev–Trinajstić information content (AvgIpc) is 2.73. The van der Waals surface area contributed by atoms with Crippen molar-refractivity contribution in [2.24, 2.45) is 0 Å². The Kier molecular flexibility index (Phi) is 3.13. The van der Waals surface area contributed by atoms with Gasteiger partial charge in [-0.2, -0.15) is 0 Å². The van der Waals surface area contributed by atoms with Crippen LogP contribution in [0.3, 0.4) is 0 Å². The van der Waals surface area contributed by atoms with Gasteiger partial charge >= 0.3 is 0 Å². The summed E-state index contributed by atoms with van der Waals surface area (Å²) < 4.78 is 0. The molecule has 0 spiro atoms. The zero-order valence-electron chi connectivity index (χ0n) is 12.3. The monoisotopic (exact) mass is 281 g/mol. The van der Waals surface area contributed by atoms with Crippen LogP contribution in [0, 0.1) is 0 Å². The van der Waals surface area contributed by atoms with Crippen LogP contribution >= 0.6 is 0 Å². The van der Waals surface area contributed by atoms with E-state index in [1.54, 1.807) is 12.1 Å². The molecule has 1 aromatic carbocycles. The summed E-state index contributed by atoms with van der Waals surface area (Å²) in [5.41, 5.74) is 1.17. The Morgan fingerprint density at radius 3 is 1.86 bits per heavy atom. The molecule has 4 heteroatoms. The summed E-state index contributed by atoms with van der Waals surface area (Å²) in [5, 5.41) is 0. The fourth-order valence-electron chi connectivity index (χ4n) is 4.73. The van der Waals surface area contributed by atoms with E-state index < -0.39 is 0 Å². The molecule has 0 radical (unpaired) electrons. The fourth-order valence-corrected chi connectivity index (χ4v) is 4.73. The van der Waals surface area contributed by atoms with Gasteiger partial charge in [-0.05, 0) is 12.1 Å². The molecule has 1 aromatic rings. The Labute approximate surface area is 125 Å². The first-order valence-electron chi connectivity index (χ1n) is 8.21. The SMILES string of the molecule is O=C1c2ccccc2C(=O)N1CB1C2CCCC1CCC2. The Balaban J connectivity index is 1.58. The smallest absolute Gasteiger partial charge is 0.260 e. The number of fused-ring (bicyclic) bond motifs is 3. The normalized spacial score (nSPS) is 28.0. The number of nitrogens with zero attached hydrogens (tertiary/aromatic N) is 1. The third kappa shape index (κ3) is 2.03. The van der Waals surface area contributed by atoms with Gasteiger partial charge < -0.3 is 0 Å². The molecule has 2 fully saturated rings. The third-order valence-corrected chi connectivity index (χ3v) is 5.78.